The van der Waals surface area contributed by atoms with Crippen molar-refractivity contribution < 1.29 is 4.39 Å². The summed E-state index contributed by atoms with van der Waals surface area (Å²) in [6.45, 7) is 1.92. The second-order valence-electron chi connectivity index (χ2n) is 2.92. The van der Waals surface area contributed by atoms with Gasteiger partial charge in [0.2, 0.25) is 0 Å². The molecule has 2 aromatic rings. The van der Waals surface area contributed by atoms with Crippen molar-refractivity contribution in [1.82, 2.24) is 9.97 Å². The average Bonchev–Trinajstić information content (AvgIpc) is 2.61. The number of aryl methyl sites for hydroxylation is 1. The maximum Gasteiger partial charge on any atom is 0.140 e. The Morgan fingerprint density at radius 3 is 2.92 bits per heavy atom. The monoisotopic (exact) mass is 176 g/mol. The number of imidazole rings is 1. The highest BCUT2D eigenvalue weighted by Crippen LogP contribution is 2.19. The standard InChI is InChI=1S/C10H9FN2/c1-7-2-3-9(11)8(6-7)10-12-4-5-13-10/h2-6H,1H3,(H,12,13). The highest BCUT2D eigenvalue weighted by molar-refractivity contribution is 5.56. The Labute approximate surface area is 75.4 Å². The number of benzene rings is 1. The Hall–Kier alpha value is -1.64. The molecule has 0 aliphatic heterocycles. The van der Waals surface area contributed by atoms with Crippen LogP contribution in [0.15, 0.2) is 30.6 Å². The zero-order chi connectivity index (χ0) is 9.26. The van der Waals surface area contributed by atoms with Gasteiger partial charge in [0.05, 0.1) is 5.56 Å². The van der Waals surface area contributed by atoms with Crippen LogP contribution in [0.5, 0.6) is 0 Å². The largest absolute Gasteiger partial charge is 0.345 e. The van der Waals surface area contributed by atoms with Crippen molar-refractivity contribution in [3.05, 3.63) is 42.0 Å². The first-order valence-electron chi connectivity index (χ1n) is 4.03. The van der Waals surface area contributed by atoms with E-state index >= 15 is 0 Å². The molecule has 2 nitrogen and oxygen atoms in total. The molecule has 0 aliphatic rings. The van der Waals surface area contributed by atoms with Crippen LogP contribution in [0, 0.1) is 12.7 Å². The van der Waals surface area contributed by atoms with Gasteiger partial charge in [-0.1, -0.05) is 11.6 Å². The molecule has 1 aromatic carbocycles. The molecule has 0 radical (unpaired) electrons. The maximum atomic E-state index is 13.3. The Balaban J connectivity index is 2.57. The van der Waals surface area contributed by atoms with E-state index in [0.29, 0.717) is 11.4 Å². The van der Waals surface area contributed by atoms with E-state index in [2.05, 4.69) is 9.97 Å². The van der Waals surface area contributed by atoms with E-state index < -0.39 is 0 Å². The van der Waals surface area contributed by atoms with Crippen molar-refractivity contribution in [2.24, 2.45) is 0 Å². The Kier molecular flexibility index (Phi) is 1.85. The van der Waals surface area contributed by atoms with E-state index in [1.807, 2.05) is 6.92 Å². The fourth-order valence-electron chi connectivity index (χ4n) is 1.23. The van der Waals surface area contributed by atoms with Crippen molar-refractivity contribution in [2.45, 2.75) is 6.92 Å². The van der Waals surface area contributed by atoms with Gasteiger partial charge < -0.3 is 4.98 Å². The molecule has 0 saturated heterocycles. The molecule has 0 aliphatic carbocycles. The zero-order valence-electron chi connectivity index (χ0n) is 7.21. The third kappa shape index (κ3) is 1.45. The lowest BCUT2D eigenvalue weighted by atomic mass is 10.1. The van der Waals surface area contributed by atoms with Crippen LogP contribution < -0.4 is 0 Å². The molecule has 0 spiro atoms. The molecule has 66 valence electrons. The number of nitrogens with zero attached hydrogens (tertiary/aromatic N) is 1. The lowest BCUT2D eigenvalue weighted by molar-refractivity contribution is 0.630. The van der Waals surface area contributed by atoms with Gasteiger partial charge in [0.25, 0.3) is 0 Å². The van der Waals surface area contributed by atoms with Crippen LogP contribution in [-0.4, -0.2) is 9.97 Å². The van der Waals surface area contributed by atoms with Gasteiger partial charge in [0.15, 0.2) is 0 Å². The van der Waals surface area contributed by atoms with Gasteiger partial charge in [-0.25, -0.2) is 9.37 Å². The van der Waals surface area contributed by atoms with E-state index in [-0.39, 0.29) is 5.82 Å². The molecule has 1 heterocycles. The zero-order valence-corrected chi connectivity index (χ0v) is 7.21. The predicted molar refractivity (Wildman–Crippen MR) is 48.7 cm³/mol. The third-order valence-corrected chi connectivity index (χ3v) is 1.88. The van der Waals surface area contributed by atoms with Crippen LogP contribution in [0.25, 0.3) is 11.4 Å². The van der Waals surface area contributed by atoms with Crippen LogP contribution in [0.2, 0.25) is 0 Å². The summed E-state index contributed by atoms with van der Waals surface area (Å²) in [5.74, 6) is 0.321. The first-order chi connectivity index (χ1) is 6.27. The van der Waals surface area contributed by atoms with Gasteiger partial charge >= 0.3 is 0 Å². The highest BCUT2D eigenvalue weighted by atomic mass is 19.1. The van der Waals surface area contributed by atoms with Gasteiger partial charge in [0.1, 0.15) is 11.6 Å². The molecule has 13 heavy (non-hydrogen) atoms. The molecule has 0 saturated carbocycles. The second kappa shape index (κ2) is 3.01. The fourth-order valence-corrected chi connectivity index (χ4v) is 1.23. The van der Waals surface area contributed by atoms with Crippen LogP contribution in [-0.2, 0) is 0 Å². The number of H-pyrrole nitrogens is 1. The first kappa shape index (κ1) is 7.98. The maximum absolute atomic E-state index is 13.3. The molecule has 0 atom stereocenters. The van der Waals surface area contributed by atoms with E-state index in [1.54, 1.807) is 24.5 Å². The van der Waals surface area contributed by atoms with E-state index in [9.17, 15) is 4.39 Å². The lowest BCUT2D eigenvalue weighted by Gasteiger charge is -2.00. The van der Waals surface area contributed by atoms with E-state index in [0.717, 1.165) is 5.56 Å². The predicted octanol–water partition coefficient (Wildman–Crippen LogP) is 2.52. The number of halogens is 1. The van der Waals surface area contributed by atoms with Gasteiger partial charge in [-0.3, -0.25) is 0 Å². The summed E-state index contributed by atoms with van der Waals surface area (Å²) < 4.78 is 13.3. The van der Waals surface area contributed by atoms with Crippen LogP contribution in [0.4, 0.5) is 4.39 Å². The Morgan fingerprint density at radius 2 is 2.23 bits per heavy atom. The van der Waals surface area contributed by atoms with Crippen LogP contribution in [0.1, 0.15) is 5.56 Å². The number of aromatic nitrogens is 2. The smallest absolute Gasteiger partial charge is 0.140 e. The summed E-state index contributed by atoms with van der Waals surface area (Å²) in [5, 5.41) is 0. The number of hydrogen-bond donors (Lipinski definition) is 1. The van der Waals surface area contributed by atoms with Crippen molar-refractivity contribution in [3.8, 4) is 11.4 Å². The molecular weight excluding hydrogens is 167 g/mol. The van der Waals surface area contributed by atoms with Crippen molar-refractivity contribution >= 4 is 0 Å². The summed E-state index contributed by atoms with van der Waals surface area (Å²) in [5.41, 5.74) is 1.54. The van der Waals surface area contributed by atoms with E-state index in [1.165, 1.54) is 6.07 Å². The van der Waals surface area contributed by atoms with Gasteiger partial charge in [-0.05, 0) is 19.1 Å². The van der Waals surface area contributed by atoms with Crippen LogP contribution >= 0.6 is 0 Å². The minimum atomic E-state index is -0.249. The summed E-state index contributed by atoms with van der Waals surface area (Å²) in [6, 6.07) is 4.96. The van der Waals surface area contributed by atoms with E-state index in [4.69, 9.17) is 0 Å². The number of nitrogens with one attached hydrogen (secondary N) is 1. The molecule has 1 N–H and O–H groups in total. The van der Waals surface area contributed by atoms with Gasteiger partial charge in [0, 0.05) is 12.4 Å². The molecule has 1 aromatic heterocycles. The van der Waals surface area contributed by atoms with Crippen molar-refractivity contribution in [2.75, 3.05) is 0 Å². The molecule has 0 bridgehead atoms. The molecule has 3 heteroatoms. The van der Waals surface area contributed by atoms with Gasteiger partial charge in [-0.2, -0.15) is 0 Å². The average molecular weight is 176 g/mol. The minimum Gasteiger partial charge on any atom is -0.345 e. The number of aromatic amines is 1. The Bertz CT molecular complexity index is 407. The topological polar surface area (TPSA) is 28.7 Å². The molecule has 0 fully saturated rings. The normalized spacial score (nSPS) is 10.3. The third-order valence-electron chi connectivity index (χ3n) is 1.88. The molecule has 0 amide bonds. The van der Waals surface area contributed by atoms with Crippen molar-refractivity contribution in [1.29, 1.82) is 0 Å². The summed E-state index contributed by atoms with van der Waals surface area (Å²) >= 11 is 0. The molecular formula is C10H9FN2. The van der Waals surface area contributed by atoms with Crippen molar-refractivity contribution in [3.63, 3.8) is 0 Å². The summed E-state index contributed by atoms with van der Waals surface area (Å²) in [6.07, 6.45) is 3.29. The SMILES string of the molecule is Cc1ccc(F)c(-c2ncc[nH]2)c1. The first-order valence-corrected chi connectivity index (χ1v) is 4.03. The quantitative estimate of drug-likeness (QED) is 0.710. The fraction of sp³-hybridized carbons (Fsp3) is 0.100. The van der Waals surface area contributed by atoms with Gasteiger partial charge in [-0.15, -0.1) is 0 Å². The summed E-state index contributed by atoms with van der Waals surface area (Å²) in [7, 11) is 0. The number of rotatable bonds is 1. The number of hydrogen-bond acceptors (Lipinski definition) is 1. The molecule has 2 rings (SSSR count). The Morgan fingerprint density at radius 1 is 1.38 bits per heavy atom. The van der Waals surface area contributed by atoms with Crippen LogP contribution in [0.3, 0.4) is 0 Å². The molecule has 0 unspecified atom stereocenters. The minimum absolute atomic E-state index is 0.249. The highest BCUT2D eigenvalue weighted by Gasteiger charge is 2.06. The second-order valence-corrected chi connectivity index (χ2v) is 2.92. The summed E-state index contributed by atoms with van der Waals surface area (Å²) in [4.78, 5) is 6.86. The lowest BCUT2D eigenvalue weighted by Crippen LogP contribution is -1.87.